The maximum absolute atomic E-state index is 12.1. The Morgan fingerprint density at radius 1 is 1.26 bits per heavy atom. The molecule has 1 saturated carbocycles. The van der Waals surface area contributed by atoms with Gasteiger partial charge in [-0.05, 0) is 25.3 Å². The molecule has 2 rings (SSSR count). The minimum absolute atomic E-state index is 0.120. The number of alkyl carbamates (subject to hydrolysis) is 1. The van der Waals surface area contributed by atoms with Crippen LogP contribution in [-0.2, 0) is 20.9 Å². The average Bonchev–Trinajstić information content (AvgIpc) is 2.97. The lowest BCUT2D eigenvalue weighted by Gasteiger charge is -2.25. The smallest absolute Gasteiger partial charge is 0.408 e. The molecule has 0 aliphatic heterocycles. The Labute approximate surface area is 135 Å². The maximum atomic E-state index is 12.1. The number of aliphatic hydroxyl groups excluding tert-OH is 1. The van der Waals surface area contributed by atoms with Crippen LogP contribution >= 0.6 is 0 Å². The lowest BCUT2D eigenvalue weighted by Crippen LogP contribution is -2.49. The van der Waals surface area contributed by atoms with Gasteiger partial charge in [-0.15, -0.1) is 0 Å². The Bertz CT molecular complexity index is 519. The molecular weight excluding hydrogens is 298 g/mol. The number of ether oxygens (including phenoxy) is 2. The van der Waals surface area contributed by atoms with Gasteiger partial charge in [0.25, 0.3) is 0 Å². The quantitative estimate of drug-likeness (QED) is 0.783. The molecule has 2 N–H and O–H groups in total. The average molecular weight is 321 g/mol. The zero-order valence-corrected chi connectivity index (χ0v) is 13.2. The second-order valence-electron chi connectivity index (χ2n) is 5.60. The highest BCUT2D eigenvalue weighted by Crippen LogP contribution is 2.29. The van der Waals surface area contributed by atoms with Gasteiger partial charge >= 0.3 is 12.1 Å². The molecule has 1 fully saturated rings. The van der Waals surface area contributed by atoms with Crippen LogP contribution in [0.2, 0.25) is 0 Å². The van der Waals surface area contributed by atoms with E-state index in [-0.39, 0.29) is 19.1 Å². The van der Waals surface area contributed by atoms with E-state index in [0.717, 1.165) is 12.0 Å². The number of aliphatic hydroxyl groups is 1. The Hall–Kier alpha value is -2.08. The van der Waals surface area contributed by atoms with Gasteiger partial charge in [-0.3, -0.25) is 0 Å². The summed E-state index contributed by atoms with van der Waals surface area (Å²) in [7, 11) is 0. The summed E-state index contributed by atoms with van der Waals surface area (Å²) < 4.78 is 10.2. The van der Waals surface area contributed by atoms with E-state index in [1.807, 2.05) is 30.3 Å². The fourth-order valence-corrected chi connectivity index (χ4v) is 2.82. The first kappa shape index (κ1) is 17.3. The van der Waals surface area contributed by atoms with E-state index >= 15 is 0 Å². The second-order valence-corrected chi connectivity index (χ2v) is 5.60. The van der Waals surface area contributed by atoms with Gasteiger partial charge in [0.2, 0.25) is 0 Å². The molecule has 0 bridgehead atoms. The zero-order valence-electron chi connectivity index (χ0n) is 13.2. The van der Waals surface area contributed by atoms with E-state index in [0.29, 0.717) is 12.8 Å². The van der Waals surface area contributed by atoms with Crippen molar-refractivity contribution < 1.29 is 24.2 Å². The number of benzene rings is 1. The fourth-order valence-electron chi connectivity index (χ4n) is 2.82. The van der Waals surface area contributed by atoms with Crippen molar-refractivity contribution in [3.8, 4) is 0 Å². The molecule has 1 aliphatic carbocycles. The third kappa shape index (κ3) is 4.96. The molecular formula is C17H23NO5. The Morgan fingerprint density at radius 3 is 2.61 bits per heavy atom. The van der Waals surface area contributed by atoms with Gasteiger partial charge in [-0.25, -0.2) is 9.59 Å². The van der Waals surface area contributed by atoms with Crippen molar-refractivity contribution in [1.82, 2.24) is 5.32 Å². The zero-order chi connectivity index (χ0) is 16.7. The fraction of sp³-hybridized carbons (Fsp3) is 0.529. The number of hydrogen-bond donors (Lipinski definition) is 2. The SMILES string of the molecule is CCOC(=O)C(NC(=O)OCc1ccccc1)C1CCCC1O. The van der Waals surface area contributed by atoms with Gasteiger partial charge in [0.05, 0.1) is 12.7 Å². The number of amides is 1. The van der Waals surface area contributed by atoms with Gasteiger partial charge in [-0.1, -0.05) is 36.8 Å². The number of hydrogen-bond acceptors (Lipinski definition) is 5. The molecule has 6 heteroatoms. The van der Waals surface area contributed by atoms with Crippen molar-refractivity contribution in [2.24, 2.45) is 5.92 Å². The van der Waals surface area contributed by atoms with Gasteiger partial charge in [0, 0.05) is 5.92 Å². The van der Waals surface area contributed by atoms with Crippen molar-refractivity contribution >= 4 is 12.1 Å². The summed E-state index contributed by atoms with van der Waals surface area (Å²) in [6, 6.07) is 8.39. The van der Waals surface area contributed by atoms with E-state index < -0.39 is 24.2 Å². The molecule has 3 atom stereocenters. The summed E-state index contributed by atoms with van der Waals surface area (Å²) in [6.45, 7) is 2.04. The van der Waals surface area contributed by atoms with Crippen LogP contribution in [0.4, 0.5) is 4.79 Å². The molecule has 0 aromatic heterocycles. The Balaban J connectivity index is 1.93. The second kappa shape index (κ2) is 8.53. The van der Waals surface area contributed by atoms with Gasteiger partial charge < -0.3 is 19.9 Å². The van der Waals surface area contributed by atoms with Crippen molar-refractivity contribution in [2.45, 2.75) is 44.9 Å². The number of nitrogens with one attached hydrogen (secondary N) is 1. The number of carbonyl (C=O) groups excluding carboxylic acids is 2. The topological polar surface area (TPSA) is 84.9 Å². The van der Waals surface area contributed by atoms with Crippen LogP contribution < -0.4 is 5.32 Å². The molecule has 1 aromatic carbocycles. The Kier molecular flexibility index (Phi) is 6.40. The van der Waals surface area contributed by atoms with E-state index in [2.05, 4.69) is 5.32 Å². The van der Waals surface area contributed by atoms with Gasteiger partial charge in [0.1, 0.15) is 12.6 Å². The molecule has 1 amide bonds. The normalized spacial score (nSPS) is 21.5. The summed E-state index contributed by atoms with van der Waals surface area (Å²) in [5.74, 6) is -0.867. The molecule has 1 aromatic rings. The number of esters is 1. The third-order valence-electron chi connectivity index (χ3n) is 3.99. The van der Waals surface area contributed by atoms with Crippen molar-refractivity contribution in [1.29, 1.82) is 0 Å². The van der Waals surface area contributed by atoms with E-state index in [1.54, 1.807) is 6.92 Å². The van der Waals surface area contributed by atoms with E-state index in [1.165, 1.54) is 0 Å². The number of rotatable bonds is 6. The van der Waals surface area contributed by atoms with E-state index in [4.69, 9.17) is 9.47 Å². The minimum atomic E-state index is -0.879. The Morgan fingerprint density at radius 2 is 2.00 bits per heavy atom. The standard InChI is InChI=1S/C17H23NO5/c1-2-22-16(20)15(13-9-6-10-14(13)19)18-17(21)23-11-12-7-4-3-5-8-12/h3-5,7-8,13-15,19H,2,6,9-11H2,1H3,(H,18,21). The lowest BCUT2D eigenvalue weighted by molar-refractivity contribution is -0.148. The molecule has 0 radical (unpaired) electrons. The summed E-state index contributed by atoms with van der Waals surface area (Å²) in [5, 5.41) is 12.5. The third-order valence-corrected chi connectivity index (χ3v) is 3.99. The molecule has 0 saturated heterocycles. The van der Waals surface area contributed by atoms with Crippen LogP contribution in [0.1, 0.15) is 31.7 Å². The minimum Gasteiger partial charge on any atom is -0.464 e. The summed E-state index contributed by atoms with van der Waals surface area (Å²) in [5.41, 5.74) is 0.858. The number of carbonyl (C=O) groups is 2. The van der Waals surface area contributed by atoms with Crippen LogP contribution in [0.3, 0.4) is 0 Å². The largest absolute Gasteiger partial charge is 0.464 e. The van der Waals surface area contributed by atoms with Crippen LogP contribution in [0.15, 0.2) is 30.3 Å². The summed E-state index contributed by atoms with van der Waals surface area (Å²) in [6.07, 6.45) is 0.817. The van der Waals surface area contributed by atoms with Crippen LogP contribution in [0.25, 0.3) is 0 Å². The van der Waals surface area contributed by atoms with E-state index in [9.17, 15) is 14.7 Å². The molecule has 6 nitrogen and oxygen atoms in total. The molecule has 1 aliphatic rings. The molecule has 126 valence electrons. The van der Waals surface area contributed by atoms with Crippen molar-refractivity contribution in [3.05, 3.63) is 35.9 Å². The predicted octanol–water partition coefficient (Wildman–Crippen LogP) is 2.01. The van der Waals surface area contributed by atoms with Crippen LogP contribution in [0, 0.1) is 5.92 Å². The predicted molar refractivity (Wildman–Crippen MR) is 83.5 cm³/mol. The highest BCUT2D eigenvalue weighted by Gasteiger charge is 2.38. The molecule has 0 spiro atoms. The summed E-state index contributed by atoms with van der Waals surface area (Å²) >= 11 is 0. The first-order valence-corrected chi connectivity index (χ1v) is 7.93. The maximum Gasteiger partial charge on any atom is 0.408 e. The molecule has 0 heterocycles. The highest BCUT2D eigenvalue weighted by molar-refractivity contribution is 5.81. The summed E-state index contributed by atoms with van der Waals surface area (Å²) in [4.78, 5) is 24.1. The first-order chi connectivity index (χ1) is 11.1. The molecule has 23 heavy (non-hydrogen) atoms. The van der Waals surface area contributed by atoms with Gasteiger partial charge in [0.15, 0.2) is 0 Å². The highest BCUT2D eigenvalue weighted by atomic mass is 16.6. The monoisotopic (exact) mass is 321 g/mol. The van der Waals surface area contributed by atoms with Crippen LogP contribution in [0.5, 0.6) is 0 Å². The molecule has 3 unspecified atom stereocenters. The first-order valence-electron chi connectivity index (χ1n) is 7.93. The van der Waals surface area contributed by atoms with Crippen molar-refractivity contribution in [2.75, 3.05) is 6.61 Å². The van der Waals surface area contributed by atoms with Crippen LogP contribution in [-0.4, -0.2) is 35.9 Å². The lowest BCUT2D eigenvalue weighted by atomic mass is 9.96. The van der Waals surface area contributed by atoms with Crippen molar-refractivity contribution in [3.63, 3.8) is 0 Å². The van der Waals surface area contributed by atoms with Gasteiger partial charge in [-0.2, -0.15) is 0 Å².